The highest BCUT2D eigenvalue weighted by Crippen LogP contribution is 2.18. The fourth-order valence-corrected chi connectivity index (χ4v) is 3.94. The van der Waals surface area contributed by atoms with Gasteiger partial charge in [0.05, 0.1) is 9.79 Å². The Morgan fingerprint density at radius 3 is 1.92 bits per heavy atom. The van der Waals surface area contributed by atoms with Gasteiger partial charge in [0, 0.05) is 12.2 Å². The summed E-state index contributed by atoms with van der Waals surface area (Å²) in [5.74, 6) is 0. The number of sulfonamides is 2. The first-order valence-electron chi connectivity index (χ1n) is 7.05. The van der Waals surface area contributed by atoms with Crippen molar-refractivity contribution in [2.75, 3.05) is 11.3 Å². The molecule has 0 unspecified atom stereocenters. The molecule has 0 aliphatic heterocycles. The molecular weight excluding hydrogens is 348 g/mol. The van der Waals surface area contributed by atoms with E-state index in [2.05, 4.69) is 16.0 Å². The number of nitrogens with one attached hydrogen (secondary N) is 2. The molecule has 6 nitrogen and oxygen atoms in total. The van der Waals surface area contributed by atoms with Crippen LogP contribution in [0.5, 0.6) is 0 Å². The Bertz CT molecular complexity index is 917. The Labute approximate surface area is 142 Å². The average Bonchev–Trinajstić information content (AvgIpc) is 2.53. The van der Waals surface area contributed by atoms with Crippen LogP contribution in [-0.2, 0) is 20.0 Å². The van der Waals surface area contributed by atoms with E-state index in [0.29, 0.717) is 0 Å². The highest BCUT2D eigenvalue weighted by Gasteiger charge is 2.16. The van der Waals surface area contributed by atoms with Crippen molar-refractivity contribution in [3.63, 3.8) is 0 Å². The smallest absolute Gasteiger partial charge is 0.261 e. The Hall–Kier alpha value is -2.16. The lowest BCUT2D eigenvalue weighted by Gasteiger charge is -2.09. The molecule has 8 heteroatoms. The molecule has 2 aromatic carbocycles. The van der Waals surface area contributed by atoms with Crippen LogP contribution in [0.25, 0.3) is 0 Å². The molecule has 0 fully saturated rings. The van der Waals surface area contributed by atoms with E-state index >= 15 is 0 Å². The largest absolute Gasteiger partial charge is 0.280 e. The minimum Gasteiger partial charge on any atom is -0.280 e. The summed E-state index contributed by atoms with van der Waals surface area (Å²) >= 11 is 0. The highest BCUT2D eigenvalue weighted by atomic mass is 32.2. The molecule has 0 saturated heterocycles. The van der Waals surface area contributed by atoms with Crippen LogP contribution in [0.3, 0.4) is 0 Å². The lowest BCUT2D eigenvalue weighted by Crippen LogP contribution is -2.23. The summed E-state index contributed by atoms with van der Waals surface area (Å²) in [6, 6.07) is 11.9. The second-order valence-corrected chi connectivity index (χ2v) is 8.53. The van der Waals surface area contributed by atoms with Crippen molar-refractivity contribution in [3.05, 3.63) is 66.7 Å². The summed E-state index contributed by atoms with van der Waals surface area (Å²) in [5.41, 5.74) is 1.23. The Morgan fingerprint density at radius 1 is 0.875 bits per heavy atom. The maximum absolute atomic E-state index is 12.3. The monoisotopic (exact) mass is 366 g/mol. The van der Waals surface area contributed by atoms with Gasteiger partial charge in [-0.15, -0.1) is 6.58 Å². The van der Waals surface area contributed by atoms with E-state index in [1.54, 1.807) is 12.1 Å². The third-order valence-corrected chi connectivity index (χ3v) is 6.00. The Kier molecular flexibility index (Phi) is 5.43. The van der Waals surface area contributed by atoms with Crippen LogP contribution >= 0.6 is 0 Å². The minimum absolute atomic E-state index is 0.0441. The molecule has 24 heavy (non-hydrogen) atoms. The van der Waals surface area contributed by atoms with Gasteiger partial charge in [0.1, 0.15) is 0 Å². The number of hydrogen-bond donors (Lipinski definition) is 2. The van der Waals surface area contributed by atoms with Gasteiger partial charge >= 0.3 is 0 Å². The second-order valence-electron chi connectivity index (χ2n) is 5.08. The van der Waals surface area contributed by atoms with Crippen molar-refractivity contribution >= 4 is 25.7 Å². The van der Waals surface area contributed by atoms with Crippen molar-refractivity contribution < 1.29 is 16.8 Å². The van der Waals surface area contributed by atoms with Crippen molar-refractivity contribution in [1.29, 1.82) is 0 Å². The van der Waals surface area contributed by atoms with E-state index in [1.807, 2.05) is 6.92 Å². The maximum atomic E-state index is 12.3. The first kappa shape index (κ1) is 18.2. The van der Waals surface area contributed by atoms with Gasteiger partial charge in [-0.1, -0.05) is 23.8 Å². The molecule has 0 radical (unpaired) electrons. The lowest BCUT2D eigenvalue weighted by molar-refractivity contribution is 0.585. The third kappa shape index (κ3) is 4.44. The van der Waals surface area contributed by atoms with Gasteiger partial charge in [0.2, 0.25) is 10.0 Å². The normalized spacial score (nSPS) is 11.9. The summed E-state index contributed by atoms with van der Waals surface area (Å²) in [6.45, 7) is 5.42. The number of rotatable bonds is 7. The number of aryl methyl sites for hydroxylation is 1. The van der Waals surface area contributed by atoms with E-state index in [9.17, 15) is 16.8 Å². The molecule has 0 amide bonds. The molecule has 2 aromatic rings. The zero-order valence-corrected chi connectivity index (χ0v) is 14.7. The Balaban J connectivity index is 2.19. The number of hydrogen-bond acceptors (Lipinski definition) is 4. The van der Waals surface area contributed by atoms with Gasteiger partial charge in [-0.2, -0.15) is 0 Å². The van der Waals surface area contributed by atoms with Crippen molar-refractivity contribution in [3.8, 4) is 0 Å². The zero-order chi connectivity index (χ0) is 17.8. The van der Waals surface area contributed by atoms with Crippen LogP contribution in [0.1, 0.15) is 5.56 Å². The van der Waals surface area contributed by atoms with Gasteiger partial charge in [0.15, 0.2) is 0 Å². The van der Waals surface area contributed by atoms with Gasteiger partial charge in [-0.25, -0.2) is 21.6 Å². The molecule has 2 rings (SSSR count). The highest BCUT2D eigenvalue weighted by molar-refractivity contribution is 7.92. The maximum Gasteiger partial charge on any atom is 0.261 e. The molecule has 2 N–H and O–H groups in total. The summed E-state index contributed by atoms with van der Waals surface area (Å²) in [6.07, 6.45) is 1.43. The minimum atomic E-state index is -3.72. The van der Waals surface area contributed by atoms with Crippen LogP contribution in [0.2, 0.25) is 0 Å². The van der Waals surface area contributed by atoms with E-state index < -0.39 is 20.0 Å². The first-order valence-corrected chi connectivity index (χ1v) is 10.0. The van der Waals surface area contributed by atoms with Crippen LogP contribution in [-0.4, -0.2) is 23.4 Å². The average molecular weight is 366 g/mol. The molecule has 0 aliphatic rings. The molecule has 0 bridgehead atoms. The SMILES string of the molecule is C=CCNS(=O)(=O)c1ccc(NS(=O)(=O)c2ccc(C)cc2)cc1. The standard InChI is InChI=1S/C16H18N2O4S2/c1-3-12-17-23(19,20)15-10-6-14(7-11-15)18-24(21,22)16-8-4-13(2)5-9-16/h3-11,17-18H,1,12H2,2H3. The zero-order valence-electron chi connectivity index (χ0n) is 13.1. The third-order valence-electron chi connectivity index (χ3n) is 3.17. The van der Waals surface area contributed by atoms with E-state index in [4.69, 9.17) is 0 Å². The Morgan fingerprint density at radius 2 is 1.38 bits per heavy atom. The van der Waals surface area contributed by atoms with E-state index in [0.717, 1.165) is 5.56 Å². The quantitative estimate of drug-likeness (QED) is 0.735. The van der Waals surface area contributed by atoms with Crippen LogP contribution < -0.4 is 9.44 Å². The van der Waals surface area contributed by atoms with Crippen LogP contribution in [0, 0.1) is 6.92 Å². The van der Waals surface area contributed by atoms with Gasteiger partial charge in [0.25, 0.3) is 10.0 Å². The van der Waals surface area contributed by atoms with Crippen molar-refractivity contribution in [2.45, 2.75) is 16.7 Å². The van der Waals surface area contributed by atoms with Crippen LogP contribution in [0.15, 0.2) is 71.0 Å². The summed E-state index contributed by atoms with van der Waals surface area (Å²) in [5, 5.41) is 0. The lowest BCUT2D eigenvalue weighted by atomic mass is 10.2. The van der Waals surface area contributed by atoms with Gasteiger partial charge in [-0.05, 0) is 43.3 Å². The summed E-state index contributed by atoms with van der Waals surface area (Å²) in [4.78, 5) is 0.181. The summed E-state index contributed by atoms with van der Waals surface area (Å²) < 4.78 is 53.2. The molecule has 0 spiro atoms. The first-order chi connectivity index (χ1) is 11.2. The molecule has 0 aliphatic carbocycles. The number of benzene rings is 2. The van der Waals surface area contributed by atoms with E-state index in [1.165, 1.54) is 42.5 Å². The fourth-order valence-electron chi connectivity index (χ4n) is 1.89. The van der Waals surface area contributed by atoms with Gasteiger partial charge < -0.3 is 0 Å². The topological polar surface area (TPSA) is 92.3 Å². The molecule has 0 saturated carbocycles. The molecule has 128 valence electrons. The van der Waals surface area contributed by atoms with Crippen LogP contribution in [0.4, 0.5) is 5.69 Å². The van der Waals surface area contributed by atoms with E-state index in [-0.39, 0.29) is 22.0 Å². The second kappa shape index (κ2) is 7.16. The van der Waals surface area contributed by atoms with Gasteiger partial charge in [-0.3, -0.25) is 4.72 Å². The molecular formula is C16H18N2O4S2. The van der Waals surface area contributed by atoms with Crippen molar-refractivity contribution in [2.24, 2.45) is 0 Å². The molecule has 0 atom stereocenters. The summed E-state index contributed by atoms with van der Waals surface area (Å²) in [7, 11) is -7.36. The predicted octanol–water partition coefficient (Wildman–Crippen LogP) is 2.26. The van der Waals surface area contributed by atoms with Crippen molar-refractivity contribution in [1.82, 2.24) is 4.72 Å². The molecule has 0 aromatic heterocycles. The predicted molar refractivity (Wildman–Crippen MR) is 93.8 cm³/mol. The molecule has 0 heterocycles. The number of anilines is 1. The fraction of sp³-hybridized carbons (Fsp3) is 0.125.